The average Bonchev–Trinajstić information content (AvgIpc) is 2.36. The molecule has 0 amide bonds. The number of anilines is 1. The van der Waals surface area contributed by atoms with Gasteiger partial charge in [-0.05, 0) is 30.3 Å². The first-order valence-corrected chi connectivity index (χ1v) is 7.26. The molecule has 0 radical (unpaired) electrons. The van der Waals surface area contributed by atoms with E-state index in [0.717, 1.165) is 12.1 Å². The lowest BCUT2D eigenvalue weighted by molar-refractivity contribution is 0.601. The second-order valence-electron chi connectivity index (χ2n) is 3.87. The van der Waals surface area contributed by atoms with Gasteiger partial charge in [0, 0.05) is 5.02 Å². The Bertz CT molecular complexity index is 780. The van der Waals surface area contributed by atoms with Gasteiger partial charge in [0.1, 0.15) is 16.8 Å². The van der Waals surface area contributed by atoms with Crippen LogP contribution in [0, 0.1) is 17.1 Å². The van der Waals surface area contributed by atoms with E-state index in [4.69, 9.17) is 16.9 Å². The Hall–Kier alpha value is -2.10. The molecule has 2 aromatic carbocycles. The van der Waals surface area contributed by atoms with Crippen LogP contribution in [0.15, 0.2) is 47.4 Å². The van der Waals surface area contributed by atoms with E-state index in [0.29, 0.717) is 0 Å². The molecule has 0 atom stereocenters. The van der Waals surface area contributed by atoms with E-state index in [1.807, 2.05) is 0 Å². The standard InChI is InChI=1S/C13H8ClFN2O2S/c14-10-5-11(15)7-12(6-10)17-20(18,19)13-4-2-1-3-9(13)8-16/h1-7,17H. The van der Waals surface area contributed by atoms with Crippen molar-refractivity contribution in [3.63, 3.8) is 0 Å². The first-order valence-electron chi connectivity index (χ1n) is 5.40. The Labute approximate surface area is 120 Å². The molecule has 0 heterocycles. The van der Waals surface area contributed by atoms with Crippen LogP contribution >= 0.6 is 11.6 Å². The molecule has 20 heavy (non-hydrogen) atoms. The van der Waals surface area contributed by atoms with Gasteiger partial charge in [0.05, 0.1) is 11.3 Å². The second-order valence-corrected chi connectivity index (χ2v) is 5.96. The largest absolute Gasteiger partial charge is 0.279 e. The maximum atomic E-state index is 13.2. The van der Waals surface area contributed by atoms with Crippen molar-refractivity contribution in [1.29, 1.82) is 5.26 Å². The highest BCUT2D eigenvalue weighted by atomic mass is 35.5. The molecule has 7 heteroatoms. The number of hydrogen-bond donors (Lipinski definition) is 1. The third kappa shape index (κ3) is 3.07. The fourth-order valence-electron chi connectivity index (χ4n) is 1.62. The van der Waals surface area contributed by atoms with Crippen molar-refractivity contribution < 1.29 is 12.8 Å². The van der Waals surface area contributed by atoms with Gasteiger partial charge in [-0.25, -0.2) is 12.8 Å². The maximum absolute atomic E-state index is 13.2. The average molecular weight is 311 g/mol. The van der Waals surface area contributed by atoms with Crippen LogP contribution in [0.4, 0.5) is 10.1 Å². The quantitative estimate of drug-likeness (QED) is 0.946. The van der Waals surface area contributed by atoms with Crippen molar-refractivity contribution in [3.05, 3.63) is 58.9 Å². The minimum absolute atomic E-state index is 0.00231. The van der Waals surface area contributed by atoms with Crippen molar-refractivity contribution in [2.75, 3.05) is 4.72 Å². The number of rotatable bonds is 3. The van der Waals surface area contributed by atoms with Crippen LogP contribution in [0.5, 0.6) is 0 Å². The molecule has 0 aliphatic heterocycles. The molecule has 0 saturated heterocycles. The van der Waals surface area contributed by atoms with Gasteiger partial charge in [-0.1, -0.05) is 23.7 Å². The van der Waals surface area contributed by atoms with Gasteiger partial charge in [-0.3, -0.25) is 4.72 Å². The molecule has 4 nitrogen and oxygen atoms in total. The van der Waals surface area contributed by atoms with Crippen molar-refractivity contribution in [1.82, 2.24) is 0 Å². The Morgan fingerprint density at radius 3 is 2.55 bits per heavy atom. The topological polar surface area (TPSA) is 70.0 Å². The first kappa shape index (κ1) is 14.3. The Kier molecular flexibility index (Phi) is 3.93. The first-order chi connectivity index (χ1) is 9.42. The van der Waals surface area contributed by atoms with E-state index < -0.39 is 15.8 Å². The molecule has 0 aromatic heterocycles. The fraction of sp³-hybridized carbons (Fsp3) is 0. The number of nitrogens with one attached hydrogen (secondary N) is 1. The van der Waals surface area contributed by atoms with Crippen LogP contribution in [0.3, 0.4) is 0 Å². The predicted octanol–water partition coefficient (Wildman–Crippen LogP) is 3.15. The van der Waals surface area contributed by atoms with Gasteiger partial charge in [-0.15, -0.1) is 0 Å². The fourth-order valence-corrected chi connectivity index (χ4v) is 3.04. The molecule has 0 saturated carbocycles. The molecule has 102 valence electrons. The number of benzene rings is 2. The van der Waals surface area contributed by atoms with Gasteiger partial charge in [-0.2, -0.15) is 5.26 Å². The van der Waals surface area contributed by atoms with Crippen LogP contribution in [0.25, 0.3) is 0 Å². The summed E-state index contributed by atoms with van der Waals surface area (Å²) in [5.74, 6) is -0.663. The van der Waals surface area contributed by atoms with Gasteiger partial charge in [0.2, 0.25) is 0 Å². The van der Waals surface area contributed by atoms with Gasteiger partial charge in [0.25, 0.3) is 10.0 Å². The number of nitrogens with zero attached hydrogens (tertiary/aromatic N) is 1. The summed E-state index contributed by atoms with van der Waals surface area (Å²) in [5, 5.41) is 8.98. The SMILES string of the molecule is N#Cc1ccccc1S(=O)(=O)Nc1cc(F)cc(Cl)c1. The summed E-state index contributed by atoms with van der Waals surface area (Å²) in [5.41, 5.74) is -0.00903. The van der Waals surface area contributed by atoms with E-state index >= 15 is 0 Å². The zero-order valence-electron chi connectivity index (χ0n) is 9.97. The lowest BCUT2D eigenvalue weighted by Crippen LogP contribution is -2.14. The molecule has 0 aliphatic rings. The third-order valence-corrected chi connectivity index (χ3v) is 4.07. The summed E-state index contributed by atoms with van der Waals surface area (Å²) < 4.78 is 39.7. The Morgan fingerprint density at radius 2 is 1.90 bits per heavy atom. The number of halogens is 2. The molecule has 2 rings (SSSR count). The number of sulfonamides is 1. The van der Waals surface area contributed by atoms with Gasteiger partial charge >= 0.3 is 0 Å². The normalized spacial score (nSPS) is 10.8. The summed E-state index contributed by atoms with van der Waals surface area (Å²) in [6, 6.07) is 10.8. The zero-order valence-corrected chi connectivity index (χ0v) is 11.5. The van der Waals surface area contributed by atoms with Crippen molar-refractivity contribution >= 4 is 27.3 Å². The molecular weight excluding hydrogens is 303 g/mol. The molecule has 0 spiro atoms. The molecule has 0 bridgehead atoms. The van der Waals surface area contributed by atoms with E-state index in [1.165, 1.54) is 24.3 Å². The van der Waals surface area contributed by atoms with Gasteiger partial charge < -0.3 is 0 Å². The van der Waals surface area contributed by atoms with Crippen LogP contribution in [-0.2, 0) is 10.0 Å². The predicted molar refractivity (Wildman–Crippen MR) is 73.4 cm³/mol. The molecule has 0 unspecified atom stereocenters. The molecule has 0 fully saturated rings. The molecular formula is C13H8ClFN2O2S. The minimum Gasteiger partial charge on any atom is -0.279 e. The molecule has 0 aliphatic carbocycles. The molecule has 1 N–H and O–H groups in total. The van der Waals surface area contributed by atoms with Gasteiger partial charge in [0.15, 0.2) is 0 Å². The van der Waals surface area contributed by atoms with Crippen LogP contribution < -0.4 is 4.72 Å². The van der Waals surface area contributed by atoms with Crippen LogP contribution in [0.2, 0.25) is 5.02 Å². The highest BCUT2D eigenvalue weighted by Gasteiger charge is 2.18. The summed E-state index contributed by atoms with van der Waals surface area (Å²) in [7, 11) is -3.99. The molecule has 2 aromatic rings. The minimum atomic E-state index is -3.99. The monoisotopic (exact) mass is 310 g/mol. The smallest absolute Gasteiger partial charge is 0.263 e. The van der Waals surface area contributed by atoms with Crippen molar-refractivity contribution in [2.24, 2.45) is 0 Å². The summed E-state index contributed by atoms with van der Waals surface area (Å²) in [4.78, 5) is -0.178. The number of hydrogen-bond acceptors (Lipinski definition) is 3. The zero-order chi connectivity index (χ0) is 14.8. The summed E-state index contributed by atoms with van der Waals surface area (Å²) in [6.45, 7) is 0. The summed E-state index contributed by atoms with van der Waals surface area (Å²) >= 11 is 5.66. The van der Waals surface area contributed by atoms with E-state index in [9.17, 15) is 12.8 Å². The second kappa shape index (κ2) is 5.49. The van der Waals surface area contributed by atoms with Crippen molar-refractivity contribution in [3.8, 4) is 6.07 Å². The van der Waals surface area contributed by atoms with Crippen molar-refractivity contribution in [2.45, 2.75) is 4.90 Å². The third-order valence-electron chi connectivity index (χ3n) is 2.41. The summed E-state index contributed by atoms with van der Waals surface area (Å²) in [6.07, 6.45) is 0. The highest BCUT2D eigenvalue weighted by molar-refractivity contribution is 7.92. The van der Waals surface area contributed by atoms with E-state index in [1.54, 1.807) is 12.1 Å². The maximum Gasteiger partial charge on any atom is 0.263 e. The lowest BCUT2D eigenvalue weighted by Gasteiger charge is -2.09. The van der Waals surface area contributed by atoms with Crippen LogP contribution in [-0.4, -0.2) is 8.42 Å². The highest BCUT2D eigenvalue weighted by Crippen LogP contribution is 2.22. The number of nitriles is 1. The lowest BCUT2D eigenvalue weighted by atomic mass is 10.2. The Balaban J connectivity index is 2.44. The van der Waals surface area contributed by atoms with E-state index in [-0.39, 0.29) is 21.2 Å². The Morgan fingerprint density at radius 1 is 1.20 bits per heavy atom. The van der Waals surface area contributed by atoms with E-state index in [2.05, 4.69) is 4.72 Å². The van der Waals surface area contributed by atoms with Crippen LogP contribution in [0.1, 0.15) is 5.56 Å².